The molecule has 8 nitrogen and oxygen atoms in total. The molecule has 0 unspecified atom stereocenters. The maximum Gasteiger partial charge on any atom is 0.147 e. The Balaban J connectivity index is 0.00000205. The van der Waals surface area contributed by atoms with Gasteiger partial charge in [-0.3, -0.25) is 4.90 Å². The van der Waals surface area contributed by atoms with Crippen LogP contribution in [0.5, 0.6) is 0 Å². The lowest BCUT2D eigenvalue weighted by atomic mass is 9.95. The van der Waals surface area contributed by atoms with Crippen molar-refractivity contribution in [2.45, 2.75) is 38.4 Å². The van der Waals surface area contributed by atoms with Gasteiger partial charge in [0.15, 0.2) is 0 Å². The van der Waals surface area contributed by atoms with E-state index in [9.17, 15) is 0 Å². The van der Waals surface area contributed by atoms with Gasteiger partial charge < -0.3 is 9.88 Å². The van der Waals surface area contributed by atoms with Gasteiger partial charge in [0.05, 0.1) is 12.2 Å². The Morgan fingerprint density at radius 3 is 2.79 bits per heavy atom. The third kappa shape index (κ3) is 4.16. The molecule has 0 amide bonds. The fourth-order valence-corrected chi connectivity index (χ4v) is 4.39. The molecule has 2 aliphatic heterocycles. The molecule has 5 rings (SSSR count). The van der Waals surface area contributed by atoms with E-state index in [1.165, 1.54) is 11.4 Å². The Hall–Kier alpha value is -2.00. The molecule has 4 heterocycles. The third-order valence-corrected chi connectivity index (χ3v) is 5.95. The first kappa shape index (κ1) is 20.3. The summed E-state index contributed by atoms with van der Waals surface area (Å²) in [5.41, 5.74) is 2.20. The first-order valence-corrected chi connectivity index (χ1v) is 10.1. The van der Waals surface area contributed by atoms with Crippen LogP contribution in [0.2, 0.25) is 5.02 Å². The molecular formula is C19H24Cl2N8. The van der Waals surface area contributed by atoms with E-state index in [2.05, 4.69) is 41.1 Å². The number of likely N-dealkylation sites (tertiary alicyclic amines) is 1. The summed E-state index contributed by atoms with van der Waals surface area (Å²) in [6.07, 6.45) is 5.48. The number of piperidine rings is 1. The molecule has 0 bridgehead atoms. The number of rotatable bonds is 4. The number of fused-ring (bicyclic) bond motifs is 1. The highest BCUT2D eigenvalue weighted by Gasteiger charge is 2.27. The van der Waals surface area contributed by atoms with E-state index in [1.54, 1.807) is 17.3 Å². The third-order valence-electron chi connectivity index (χ3n) is 5.71. The largest absolute Gasteiger partial charge is 0.312 e. The van der Waals surface area contributed by atoms with E-state index in [0.717, 1.165) is 63.6 Å². The molecule has 10 heteroatoms. The van der Waals surface area contributed by atoms with Crippen LogP contribution in [0.3, 0.4) is 0 Å². The van der Waals surface area contributed by atoms with Crippen molar-refractivity contribution < 1.29 is 0 Å². The molecule has 2 aromatic heterocycles. The van der Waals surface area contributed by atoms with Crippen molar-refractivity contribution >= 4 is 24.0 Å². The summed E-state index contributed by atoms with van der Waals surface area (Å²) in [4.78, 5) is 6.56. The lowest BCUT2D eigenvalue weighted by molar-refractivity contribution is 0.199. The molecule has 1 N–H and O–H groups in total. The SMILES string of the molecule is Cl.Clc1ccc(CN2CCC(c3nnc4n3CCNC4)CC2)c(-n2cncn2)c1. The van der Waals surface area contributed by atoms with Crippen LogP contribution < -0.4 is 5.32 Å². The van der Waals surface area contributed by atoms with Gasteiger partial charge in [0.2, 0.25) is 0 Å². The lowest BCUT2D eigenvalue weighted by Crippen LogP contribution is -2.35. The average molecular weight is 435 g/mol. The van der Waals surface area contributed by atoms with Crippen molar-refractivity contribution in [3.63, 3.8) is 0 Å². The predicted octanol–water partition coefficient (Wildman–Crippen LogP) is 2.42. The highest BCUT2D eigenvalue weighted by Crippen LogP contribution is 2.29. The fraction of sp³-hybridized carbons (Fsp3) is 0.474. The van der Waals surface area contributed by atoms with Crippen molar-refractivity contribution in [3.8, 4) is 5.69 Å². The van der Waals surface area contributed by atoms with Gasteiger partial charge in [0.1, 0.15) is 24.3 Å². The normalized spacial score (nSPS) is 17.7. The second-order valence-electron chi connectivity index (χ2n) is 7.47. The molecule has 154 valence electrons. The summed E-state index contributed by atoms with van der Waals surface area (Å²) in [5.74, 6) is 2.74. The van der Waals surface area contributed by atoms with E-state index in [1.807, 2.05) is 12.1 Å². The Labute approximate surface area is 180 Å². The summed E-state index contributed by atoms with van der Waals surface area (Å²) >= 11 is 6.22. The number of hydrogen-bond acceptors (Lipinski definition) is 6. The maximum absolute atomic E-state index is 6.22. The van der Waals surface area contributed by atoms with E-state index in [-0.39, 0.29) is 12.4 Å². The van der Waals surface area contributed by atoms with Gasteiger partial charge in [-0.25, -0.2) is 9.67 Å². The maximum atomic E-state index is 6.22. The van der Waals surface area contributed by atoms with Crippen LogP contribution in [0.1, 0.15) is 36.0 Å². The second kappa shape index (κ2) is 8.79. The minimum atomic E-state index is 0. The van der Waals surface area contributed by atoms with Crippen LogP contribution in [-0.4, -0.2) is 54.1 Å². The molecule has 1 saturated heterocycles. The van der Waals surface area contributed by atoms with Gasteiger partial charge in [0.25, 0.3) is 0 Å². The minimum absolute atomic E-state index is 0. The zero-order chi connectivity index (χ0) is 18.9. The number of hydrogen-bond donors (Lipinski definition) is 1. The van der Waals surface area contributed by atoms with Crippen LogP contribution in [0.4, 0.5) is 0 Å². The van der Waals surface area contributed by atoms with Crippen LogP contribution in [0.25, 0.3) is 5.69 Å². The second-order valence-corrected chi connectivity index (χ2v) is 7.90. The number of benzene rings is 1. The molecule has 0 radical (unpaired) electrons. The van der Waals surface area contributed by atoms with Gasteiger partial charge in [-0.2, -0.15) is 5.10 Å². The minimum Gasteiger partial charge on any atom is -0.312 e. The molecule has 0 aliphatic carbocycles. The highest BCUT2D eigenvalue weighted by molar-refractivity contribution is 6.30. The molecular weight excluding hydrogens is 411 g/mol. The van der Waals surface area contributed by atoms with Crippen LogP contribution >= 0.6 is 24.0 Å². The summed E-state index contributed by atoms with van der Waals surface area (Å²) in [5, 5.41) is 17.2. The first-order chi connectivity index (χ1) is 13.8. The lowest BCUT2D eigenvalue weighted by Gasteiger charge is -2.32. The van der Waals surface area contributed by atoms with Crippen LogP contribution in [0, 0.1) is 0 Å². The van der Waals surface area contributed by atoms with Crippen molar-refractivity contribution in [2.75, 3.05) is 19.6 Å². The summed E-state index contributed by atoms with van der Waals surface area (Å²) in [6, 6.07) is 5.99. The van der Waals surface area contributed by atoms with Crippen molar-refractivity contribution in [2.24, 2.45) is 0 Å². The first-order valence-electron chi connectivity index (χ1n) is 9.76. The Kier molecular flexibility index (Phi) is 6.15. The van der Waals surface area contributed by atoms with Gasteiger partial charge in [-0.15, -0.1) is 22.6 Å². The van der Waals surface area contributed by atoms with Gasteiger partial charge in [0, 0.05) is 30.6 Å². The molecule has 29 heavy (non-hydrogen) atoms. The van der Waals surface area contributed by atoms with Crippen LogP contribution in [-0.2, 0) is 19.6 Å². The number of halogens is 2. The van der Waals surface area contributed by atoms with Crippen molar-refractivity contribution in [3.05, 3.63) is 53.1 Å². The smallest absolute Gasteiger partial charge is 0.147 e. The molecule has 0 atom stereocenters. The zero-order valence-electron chi connectivity index (χ0n) is 16.0. The molecule has 0 saturated carbocycles. The highest BCUT2D eigenvalue weighted by atomic mass is 35.5. The van der Waals surface area contributed by atoms with E-state index >= 15 is 0 Å². The number of aromatic nitrogens is 6. The Bertz CT molecular complexity index is 947. The van der Waals surface area contributed by atoms with Gasteiger partial charge >= 0.3 is 0 Å². The van der Waals surface area contributed by atoms with Crippen molar-refractivity contribution in [1.82, 2.24) is 39.7 Å². The van der Waals surface area contributed by atoms with E-state index in [4.69, 9.17) is 11.6 Å². The zero-order valence-corrected chi connectivity index (χ0v) is 17.6. The van der Waals surface area contributed by atoms with E-state index in [0.29, 0.717) is 10.9 Å². The standard InChI is InChI=1S/C19H23ClN8.ClH/c20-16-2-1-15(17(9-16)28-13-22-12-23-28)11-26-6-3-14(4-7-26)19-25-24-18-10-21-5-8-27(18)19;/h1-2,9,12-14,21H,3-8,10-11H2;1H. The summed E-state index contributed by atoms with van der Waals surface area (Å²) in [6.45, 7) is 5.77. The van der Waals surface area contributed by atoms with Gasteiger partial charge in [-0.05, 0) is 43.6 Å². The van der Waals surface area contributed by atoms with Crippen LogP contribution in [0.15, 0.2) is 30.9 Å². The van der Waals surface area contributed by atoms with Gasteiger partial charge in [-0.1, -0.05) is 17.7 Å². The predicted molar refractivity (Wildman–Crippen MR) is 113 cm³/mol. The summed E-state index contributed by atoms with van der Waals surface area (Å²) in [7, 11) is 0. The molecule has 3 aromatic rings. The quantitative estimate of drug-likeness (QED) is 0.679. The monoisotopic (exact) mass is 434 g/mol. The Morgan fingerprint density at radius 2 is 2.00 bits per heavy atom. The molecule has 2 aliphatic rings. The van der Waals surface area contributed by atoms with Crippen molar-refractivity contribution in [1.29, 1.82) is 0 Å². The molecule has 0 spiro atoms. The summed E-state index contributed by atoms with van der Waals surface area (Å²) < 4.78 is 4.10. The number of nitrogens with one attached hydrogen (secondary N) is 1. The fourth-order valence-electron chi connectivity index (χ4n) is 4.22. The van der Waals surface area contributed by atoms with E-state index < -0.39 is 0 Å². The average Bonchev–Trinajstić information content (AvgIpc) is 3.40. The number of nitrogens with zero attached hydrogens (tertiary/aromatic N) is 7. The molecule has 1 aromatic carbocycles. The Morgan fingerprint density at radius 1 is 1.14 bits per heavy atom. The molecule has 1 fully saturated rings. The topological polar surface area (TPSA) is 76.7 Å².